The van der Waals surface area contributed by atoms with Crippen molar-refractivity contribution in [2.45, 2.75) is 129 Å². The van der Waals surface area contributed by atoms with Crippen molar-refractivity contribution in [2.24, 2.45) is 12.5 Å². The molecule has 3 aromatic rings. The van der Waals surface area contributed by atoms with Crippen LogP contribution in [0, 0.1) is 25.1 Å². The second kappa shape index (κ2) is 13.5. The molecule has 10 nitrogen and oxygen atoms in total. The van der Waals surface area contributed by atoms with Gasteiger partial charge in [0.25, 0.3) is 5.56 Å². The standard InChI is InChI=1S/C41H52FN3O7/c1-24-17-27(42)18-25(2)35(24)51-32-14-9-26(39(6,7)49)19-30(32)31-21-45(8)34(46)20-33(31)50-29-12-10-28(11-13-29)43-36(47)40-15-16-41(22-40,23-40)44-37(48)52-38(3,4)5/h9,14,17-21,28-29,49H,10-13,15-16,22-23H2,1-8H3,(H,43,47)(H,44,48). The SMILES string of the molecule is Cc1cc(F)cc(C)c1Oc1ccc(C(C)(C)O)cc1-c1cn(C)c(=O)cc1OC1CCC(NC(=O)C23CCC(NC(=O)OC(C)(C)C)(C2)C3)CC1. The van der Waals surface area contributed by atoms with E-state index in [9.17, 15) is 23.9 Å². The van der Waals surface area contributed by atoms with E-state index < -0.39 is 22.7 Å². The number of nitrogens with one attached hydrogen (secondary N) is 2. The zero-order chi connectivity index (χ0) is 37.8. The summed E-state index contributed by atoms with van der Waals surface area (Å²) in [7, 11) is 1.67. The van der Waals surface area contributed by atoms with E-state index in [0.29, 0.717) is 70.7 Å². The number of hydrogen-bond donors (Lipinski definition) is 3. The molecule has 11 heteroatoms. The summed E-state index contributed by atoms with van der Waals surface area (Å²) < 4.78 is 34.1. The summed E-state index contributed by atoms with van der Waals surface area (Å²) in [5.74, 6) is 1.09. The molecule has 280 valence electrons. The predicted molar refractivity (Wildman–Crippen MR) is 196 cm³/mol. The molecule has 0 saturated heterocycles. The number of nitrogens with zero attached hydrogens (tertiary/aromatic N) is 1. The Bertz CT molecular complexity index is 1900. The van der Waals surface area contributed by atoms with Crippen LogP contribution >= 0.6 is 0 Å². The van der Waals surface area contributed by atoms with Crippen molar-refractivity contribution in [1.29, 1.82) is 0 Å². The van der Waals surface area contributed by atoms with E-state index in [4.69, 9.17) is 14.2 Å². The summed E-state index contributed by atoms with van der Waals surface area (Å²) in [4.78, 5) is 38.9. The monoisotopic (exact) mass is 717 g/mol. The average molecular weight is 718 g/mol. The Morgan fingerprint density at radius 1 is 0.923 bits per heavy atom. The van der Waals surface area contributed by atoms with E-state index in [-0.39, 0.29) is 35.0 Å². The third-order valence-electron chi connectivity index (χ3n) is 10.8. The van der Waals surface area contributed by atoms with E-state index in [2.05, 4.69) is 10.6 Å². The number of rotatable bonds is 9. The minimum Gasteiger partial charge on any atom is -0.490 e. The minimum absolute atomic E-state index is 0.00455. The van der Waals surface area contributed by atoms with Crippen molar-refractivity contribution in [2.75, 3.05) is 0 Å². The molecule has 52 heavy (non-hydrogen) atoms. The van der Waals surface area contributed by atoms with Gasteiger partial charge >= 0.3 is 6.09 Å². The van der Waals surface area contributed by atoms with Crippen LogP contribution in [-0.2, 0) is 22.2 Å². The summed E-state index contributed by atoms with van der Waals surface area (Å²) in [5.41, 5.74) is 0.341. The summed E-state index contributed by atoms with van der Waals surface area (Å²) >= 11 is 0. The summed E-state index contributed by atoms with van der Waals surface area (Å²) in [6.45, 7) is 12.5. The fraction of sp³-hybridized carbons (Fsp3) is 0.537. The normalized spacial score (nSPS) is 24.1. The number of amides is 2. The Labute approximate surface area is 305 Å². The second-order valence-electron chi connectivity index (χ2n) is 16.8. The Balaban J connectivity index is 1.16. The lowest BCUT2D eigenvalue weighted by atomic mass is 9.64. The van der Waals surface area contributed by atoms with E-state index >= 15 is 0 Å². The van der Waals surface area contributed by atoms with Gasteiger partial charge in [-0.15, -0.1) is 0 Å². The van der Waals surface area contributed by atoms with Crippen LogP contribution in [0.2, 0.25) is 0 Å². The molecule has 2 bridgehead atoms. The van der Waals surface area contributed by atoms with Crippen molar-refractivity contribution in [3.8, 4) is 28.4 Å². The number of halogens is 1. The molecular formula is C41H52FN3O7. The van der Waals surface area contributed by atoms with Gasteiger partial charge in [0.05, 0.1) is 17.1 Å². The maximum Gasteiger partial charge on any atom is 0.408 e. The number of fused-ring (bicyclic) bond motifs is 1. The van der Waals surface area contributed by atoms with Crippen LogP contribution in [0.15, 0.2) is 47.4 Å². The van der Waals surface area contributed by atoms with Crippen molar-refractivity contribution in [3.63, 3.8) is 0 Å². The first-order valence-corrected chi connectivity index (χ1v) is 18.3. The van der Waals surface area contributed by atoms with Crippen LogP contribution in [0.5, 0.6) is 17.2 Å². The first kappa shape index (κ1) is 37.4. The lowest BCUT2D eigenvalue weighted by Gasteiger charge is -2.47. The van der Waals surface area contributed by atoms with Crippen molar-refractivity contribution >= 4 is 12.0 Å². The maximum atomic E-state index is 14.1. The molecule has 2 aromatic carbocycles. The number of carbonyl (C=O) groups excluding carboxylic acids is 2. The molecule has 0 spiro atoms. The quantitative estimate of drug-likeness (QED) is 0.210. The molecule has 4 aliphatic rings. The summed E-state index contributed by atoms with van der Waals surface area (Å²) in [6.07, 6.45) is 6.62. The molecule has 0 atom stereocenters. The largest absolute Gasteiger partial charge is 0.490 e. The molecule has 1 aromatic heterocycles. The fourth-order valence-corrected chi connectivity index (χ4v) is 8.15. The highest BCUT2D eigenvalue weighted by atomic mass is 19.1. The number of aliphatic hydroxyl groups is 1. The van der Waals surface area contributed by atoms with Crippen molar-refractivity contribution < 1.29 is 33.3 Å². The van der Waals surface area contributed by atoms with Crippen LogP contribution in [0.25, 0.3) is 11.1 Å². The van der Waals surface area contributed by atoms with Gasteiger partial charge in [-0.05, 0) is 141 Å². The first-order chi connectivity index (χ1) is 24.2. The maximum absolute atomic E-state index is 14.1. The van der Waals surface area contributed by atoms with Crippen LogP contribution in [0.1, 0.15) is 103 Å². The molecule has 4 fully saturated rings. The number of alkyl carbamates (subject to hydrolysis) is 1. The van der Waals surface area contributed by atoms with Gasteiger partial charge < -0.3 is 34.5 Å². The average Bonchev–Trinajstić information content (AvgIpc) is 3.57. The van der Waals surface area contributed by atoms with Gasteiger partial charge in [-0.2, -0.15) is 0 Å². The minimum atomic E-state index is -1.16. The van der Waals surface area contributed by atoms with Gasteiger partial charge in [-0.1, -0.05) is 6.07 Å². The predicted octanol–water partition coefficient (Wildman–Crippen LogP) is 7.47. The molecule has 3 N–H and O–H groups in total. The van der Waals surface area contributed by atoms with E-state index in [1.165, 1.54) is 22.8 Å². The summed E-state index contributed by atoms with van der Waals surface area (Å²) in [5, 5.41) is 17.3. The molecule has 0 unspecified atom stereocenters. The van der Waals surface area contributed by atoms with Crippen LogP contribution in [0.3, 0.4) is 0 Å². The molecule has 4 aliphatic carbocycles. The molecular weight excluding hydrogens is 665 g/mol. The van der Waals surface area contributed by atoms with Gasteiger partial charge in [0.1, 0.15) is 28.7 Å². The highest BCUT2D eigenvalue weighted by Crippen LogP contribution is 2.61. The van der Waals surface area contributed by atoms with Gasteiger partial charge in [0.2, 0.25) is 5.91 Å². The van der Waals surface area contributed by atoms with Crippen LogP contribution in [0.4, 0.5) is 9.18 Å². The number of hydrogen-bond acceptors (Lipinski definition) is 7. The third kappa shape index (κ3) is 7.84. The molecule has 4 saturated carbocycles. The number of benzene rings is 2. The Hall–Kier alpha value is -4.38. The number of aromatic nitrogens is 1. The van der Waals surface area contributed by atoms with Crippen molar-refractivity contribution in [1.82, 2.24) is 15.2 Å². The van der Waals surface area contributed by atoms with Gasteiger partial charge in [-0.3, -0.25) is 9.59 Å². The number of pyridine rings is 1. The molecule has 0 aliphatic heterocycles. The number of ether oxygens (including phenoxy) is 3. The Morgan fingerprint density at radius 2 is 1.58 bits per heavy atom. The molecule has 1 heterocycles. The lowest BCUT2D eigenvalue weighted by Crippen LogP contribution is -2.61. The first-order valence-electron chi connectivity index (χ1n) is 18.3. The Kier molecular flexibility index (Phi) is 9.74. The van der Waals surface area contributed by atoms with Gasteiger partial charge in [-0.25, -0.2) is 9.18 Å². The third-order valence-corrected chi connectivity index (χ3v) is 10.8. The molecule has 7 rings (SSSR count). The second-order valence-corrected chi connectivity index (χ2v) is 16.8. The molecule has 0 radical (unpaired) electrons. The zero-order valence-corrected chi connectivity index (χ0v) is 31.6. The van der Waals surface area contributed by atoms with Crippen LogP contribution < -0.4 is 25.7 Å². The number of aryl methyl sites for hydroxylation is 3. The van der Waals surface area contributed by atoms with Gasteiger partial charge in [0, 0.05) is 42.0 Å². The van der Waals surface area contributed by atoms with Crippen molar-refractivity contribution in [3.05, 3.63) is 75.5 Å². The van der Waals surface area contributed by atoms with Crippen LogP contribution in [-0.4, -0.2) is 45.0 Å². The lowest BCUT2D eigenvalue weighted by molar-refractivity contribution is -0.137. The zero-order valence-electron chi connectivity index (χ0n) is 31.6. The van der Waals surface area contributed by atoms with Gasteiger partial charge in [0.15, 0.2) is 0 Å². The highest BCUT2D eigenvalue weighted by molar-refractivity contribution is 5.86. The number of carbonyl (C=O) groups is 2. The molecule has 2 amide bonds. The smallest absolute Gasteiger partial charge is 0.408 e. The Morgan fingerprint density at radius 3 is 2.19 bits per heavy atom. The summed E-state index contributed by atoms with van der Waals surface area (Å²) in [6, 6.07) is 9.72. The van der Waals surface area contributed by atoms with E-state index in [1.807, 2.05) is 26.8 Å². The van der Waals surface area contributed by atoms with E-state index in [1.54, 1.807) is 53.1 Å². The topological polar surface area (TPSA) is 128 Å². The highest BCUT2D eigenvalue weighted by Gasteiger charge is 2.65. The fourth-order valence-electron chi connectivity index (χ4n) is 8.15. The van der Waals surface area contributed by atoms with E-state index in [0.717, 1.165) is 25.7 Å².